The van der Waals surface area contributed by atoms with Gasteiger partial charge in [0.2, 0.25) is 0 Å². The summed E-state index contributed by atoms with van der Waals surface area (Å²) in [6, 6.07) is 9.77. The fourth-order valence-corrected chi connectivity index (χ4v) is 1.75. The Morgan fingerprint density at radius 2 is 1.95 bits per heavy atom. The van der Waals surface area contributed by atoms with Gasteiger partial charge in [0, 0.05) is 6.07 Å². The minimum Gasteiger partial charge on any atom is -0.319 e. The quantitative estimate of drug-likeness (QED) is 0.689. The highest BCUT2D eigenvalue weighted by Gasteiger charge is 2.20. The third-order valence-electron chi connectivity index (χ3n) is 2.72. The molecule has 0 fully saturated rings. The second-order valence-electron chi connectivity index (χ2n) is 4.21. The molecule has 2 rings (SSSR count). The fourth-order valence-electron chi connectivity index (χ4n) is 1.75. The van der Waals surface area contributed by atoms with Gasteiger partial charge in [0.1, 0.15) is 11.4 Å². The largest absolute Gasteiger partial charge is 0.319 e. The van der Waals surface area contributed by atoms with E-state index in [0.717, 1.165) is 5.56 Å². The molecule has 102 valence electrons. The van der Waals surface area contributed by atoms with Crippen LogP contribution < -0.4 is 5.32 Å². The number of amides is 1. The molecule has 6 heteroatoms. The topological polar surface area (TPSA) is 72.2 Å². The second-order valence-corrected chi connectivity index (χ2v) is 4.21. The third-order valence-corrected chi connectivity index (χ3v) is 2.72. The van der Waals surface area contributed by atoms with Crippen molar-refractivity contribution >= 4 is 17.3 Å². The van der Waals surface area contributed by atoms with E-state index >= 15 is 0 Å². The molecule has 0 spiro atoms. The smallest absolute Gasteiger partial charge is 0.282 e. The van der Waals surface area contributed by atoms with Gasteiger partial charge in [-0.1, -0.05) is 18.2 Å². The van der Waals surface area contributed by atoms with Crippen LogP contribution in [0.15, 0.2) is 42.5 Å². The summed E-state index contributed by atoms with van der Waals surface area (Å²) in [5.74, 6) is -1.32. The highest BCUT2D eigenvalue weighted by atomic mass is 19.1. The molecule has 0 radical (unpaired) electrons. The van der Waals surface area contributed by atoms with E-state index in [9.17, 15) is 19.3 Å². The van der Waals surface area contributed by atoms with Crippen LogP contribution in [0.25, 0.3) is 0 Å². The maximum absolute atomic E-state index is 13.6. The number of anilines is 1. The van der Waals surface area contributed by atoms with Gasteiger partial charge >= 0.3 is 0 Å². The van der Waals surface area contributed by atoms with Crippen molar-refractivity contribution in [2.45, 2.75) is 6.92 Å². The van der Waals surface area contributed by atoms with Crippen molar-refractivity contribution in [2.24, 2.45) is 0 Å². The summed E-state index contributed by atoms with van der Waals surface area (Å²) in [5, 5.41) is 13.2. The molecule has 0 aromatic heterocycles. The molecule has 0 heterocycles. The molecular weight excluding hydrogens is 263 g/mol. The zero-order chi connectivity index (χ0) is 14.7. The number of halogens is 1. The third kappa shape index (κ3) is 2.80. The van der Waals surface area contributed by atoms with Gasteiger partial charge in [-0.2, -0.15) is 0 Å². The minimum absolute atomic E-state index is 0.00634. The zero-order valence-electron chi connectivity index (χ0n) is 10.6. The summed E-state index contributed by atoms with van der Waals surface area (Å²) >= 11 is 0. The molecule has 0 aliphatic rings. The first kappa shape index (κ1) is 13.7. The number of hydrogen-bond acceptors (Lipinski definition) is 3. The van der Waals surface area contributed by atoms with Crippen LogP contribution in [0, 0.1) is 22.9 Å². The first-order chi connectivity index (χ1) is 9.49. The lowest BCUT2D eigenvalue weighted by Crippen LogP contribution is -2.14. The first-order valence-corrected chi connectivity index (χ1v) is 5.80. The Labute approximate surface area is 114 Å². The van der Waals surface area contributed by atoms with E-state index in [1.807, 2.05) is 0 Å². The van der Waals surface area contributed by atoms with Crippen LogP contribution in [0.2, 0.25) is 0 Å². The minimum atomic E-state index is -0.721. The Morgan fingerprint density at radius 1 is 1.25 bits per heavy atom. The molecule has 1 N–H and O–H groups in total. The van der Waals surface area contributed by atoms with Gasteiger partial charge in [0.25, 0.3) is 11.6 Å². The van der Waals surface area contributed by atoms with Gasteiger partial charge in [-0.3, -0.25) is 14.9 Å². The number of nitro benzene ring substituents is 1. The van der Waals surface area contributed by atoms with E-state index in [2.05, 4.69) is 5.32 Å². The number of rotatable bonds is 3. The Bertz CT molecular complexity index is 686. The first-order valence-electron chi connectivity index (χ1n) is 5.80. The van der Waals surface area contributed by atoms with Crippen LogP contribution in [0.5, 0.6) is 0 Å². The molecule has 0 aliphatic heterocycles. The van der Waals surface area contributed by atoms with Crippen molar-refractivity contribution < 1.29 is 14.1 Å². The highest BCUT2D eigenvalue weighted by molar-refractivity contribution is 6.07. The number of hydrogen-bond donors (Lipinski definition) is 1. The average molecular weight is 274 g/mol. The molecule has 0 aliphatic carbocycles. The average Bonchev–Trinajstić information content (AvgIpc) is 2.42. The van der Waals surface area contributed by atoms with Crippen LogP contribution in [-0.4, -0.2) is 10.8 Å². The number of carbonyl (C=O) groups excluding carboxylic acids is 1. The van der Waals surface area contributed by atoms with Crippen molar-refractivity contribution in [1.82, 2.24) is 0 Å². The maximum atomic E-state index is 13.6. The van der Waals surface area contributed by atoms with Gasteiger partial charge in [-0.25, -0.2) is 4.39 Å². The zero-order valence-corrected chi connectivity index (χ0v) is 10.6. The second kappa shape index (κ2) is 5.48. The molecule has 0 saturated heterocycles. The maximum Gasteiger partial charge on any atom is 0.282 e. The van der Waals surface area contributed by atoms with Gasteiger partial charge in [-0.05, 0) is 30.7 Å². The van der Waals surface area contributed by atoms with Crippen molar-refractivity contribution in [3.63, 3.8) is 0 Å². The summed E-state index contributed by atoms with van der Waals surface area (Å²) in [6.07, 6.45) is 0. The number of nitrogens with one attached hydrogen (secondary N) is 1. The Hall–Kier alpha value is -2.76. The summed E-state index contributed by atoms with van der Waals surface area (Å²) in [6.45, 7) is 1.75. The van der Waals surface area contributed by atoms with Gasteiger partial charge in [-0.15, -0.1) is 0 Å². The fraction of sp³-hybridized carbons (Fsp3) is 0.0714. The van der Waals surface area contributed by atoms with E-state index < -0.39 is 16.6 Å². The molecule has 1 amide bonds. The van der Waals surface area contributed by atoms with Crippen LogP contribution in [0.3, 0.4) is 0 Å². The highest BCUT2D eigenvalue weighted by Crippen LogP contribution is 2.21. The molecule has 2 aromatic carbocycles. The number of para-hydroxylation sites is 1. The lowest BCUT2D eigenvalue weighted by atomic mass is 10.1. The molecular formula is C14H11FN2O3. The Balaban J connectivity index is 2.33. The van der Waals surface area contributed by atoms with Crippen molar-refractivity contribution in [3.05, 3.63) is 69.5 Å². The van der Waals surface area contributed by atoms with Crippen molar-refractivity contribution in [2.75, 3.05) is 5.32 Å². The van der Waals surface area contributed by atoms with Gasteiger partial charge in [0.15, 0.2) is 0 Å². The van der Waals surface area contributed by atoms with Crippen LogP contribution >= 0.6 is 0 Å². The lowest BCUT2D eigenvalue weighted by Gasteiger charge is -2.07. The molecule has 20 heavy (non-hydrogen) atoms. The summed E-state index contributed by atoms with van der Waals surface area (Å²) < 4.78 is 13.6. The molecule has 0 saturated carbocycles. The molecule has 5 nitrogen and oxygen atoms in total. The van der Waals surface area contributed by atoms with E-state index in [1.54, 1.807) is 13.0 Å². The molecule has 0 atom stereocenters. The van der Waals surface area contributed by atoms with Crippen molar-refractivity contribution in [3.8, 4) is 0 Å². The Morgan fingerprint density at radius 3 is 2.65 bits per heavy atom. The van der Waals surface area contributed by atoms with Crippen LogP contribution in [0.1, 0.15) is 15.9 Å². The number of nitro groups is 1. The summed E-state index contributed by atoms with van der Waals surface area (Å²) in [7, 11) is 0. The Kier molecular flexibility index (Phi) is 3.74. The lowest BCUT2D eigenvalue weighted by molar-refractivity contribution is -0.385. The van der Waals surface area contributed by atoms with Crippen molar-refractivity contribution in [1.29, 1.82) is 0 Å². The normalized spacial score (nSPS) is 10.1. The van der Waals surface area contributed by atoms with E-state index in [4.69, 9.17) is 0 Å². The monoisotopic (exact) mass is 274 g/mol. The van der Waals surface area contributed by atoms with Crippen LogP contribution in [-0.2, 0) is 0 Å². The van der Waals surface area contributed by atoms with Gasteiger partial charge in [0.05, 0.1) is 10.6 Å². The predicted molar refractivity (Wildman–Crippen MR) is 72.2 cm³/mol. The van der Waals surface area contributed by atoms with E-state index in [1.165, 1.54) is 36.4 Å². The molecule has 2 aromatic rings. The summed E-state index contributed by atoms with van der Waals surface area (Å²) in [5.41, 5.74) is 0.328. The predicted octanol–water partition coefficient (Wildman–Crippen LogP) is 3.29. The number of benzene rings is 2. The van der Waals surface area contributed by atoms with E-state index in [0.29, 0.717) is 0 Å². The summed E-state index contributed by atoms with van der Waals surface area (Å²) in [4.78, 5) is 22.2. The number of aryl methyl sites for hydroxylation is 1. The number of nitrogens with zero attached hydrogens (tertiary/aromatic N) is 1. The van der Waals surface area contributed by atoms with Crippen LogP contribution in [0.4, 0.5) is 15.8 Å². The van der Waals surface area contributed by atoms with E-state index in [-0.39, 0.29) is 16.9 Å². The molecule has 0 unspecified atom stereocenters. The molecule has 0 bridgehead atoms. The van der Waals surface area contributed by atoms with Gasteiger partial charge < -0.3 is 5.32 Å². The standard InChI is InChI=1S/C14H11FN2O3/c1-9-6-7-11(15)12(8-9)16-14(18)10-4-2-3-5-13(10)17(19)20/h2-8H,1H3,(H,16,18). The number of carbonyl (C=O) groups is 1. The SMILES string of the molecule is Cc1ccc(F)c(NC(=O)c2ccccc2[N+](=O)[O-])c1.